The third kappa shape index (κ3) is 6.63. The van der Waals surface area contributed by atoms with E-state index < -0.39 is 34.2 Å². The van der Waals surface area contributed by atoms with E-state index in [9.17, 15) is 14.4 Å². The Kier molecular flexibility index (Phi) is 7.28. The van der Waals surface area contributed by atoms with Crippen LogP contribution in [-0.4, -0.2) is 45.2 Å². The molecule has 8 heteroatoms. The zero-order chi connectivity index (χ0) is 23.6. The predicted octanol–water partition coefficient (Wildman–Crippen LogP) is 3.66. The highest BCUT2D eigenvalue weighted by Crippen LogP contribution is 2.14. The van der Waals surface area contributed by atoms with E-state index in [1.165, 1.54) is 41.6 Å². The first-order valence-corrected chi connectivity index (χ1v) is 17.2. The van der Waals surface area contributed by atoms with E-state index in [-0.39, 0.29) is 11.5 Å². The first kappa shape index (κ1) is 24.6. The van der Waals surface area contributed by atoms with Crippen LogP contribution >= 0.6 is 0 Å². The lowest BCUT2D eigenvalue weighted by Gasteiger charge is -2.24. The summed E-state index contributed by atoms with van der Waals surface area (Å²) in [6.45, 7) is 15.0. The third-order valence-corrected chi connectivity index (χ3v) is 8.98. The van der Waals surface area contributed by atoms with Gasteiger partial charge in [0.2, 0.25) is 0 Å². The number of hydrogen-bond donors (Lipinski definition) is 2. The number of anilines is 1. The van der Waals surface area contributed by atoms with E-state index in [0.29, 0.717) is 5.56 Å². The average Bonchev–Trinajstić information content (AvgIpc) is 2.66. The summed E-state index contributed by atoms with van der Waals surface area (Å²) in [4.78, 5) is 35.6. The van der Waals surface area contributed by atoms with Gasteiger partial charge in [-0.1, -0.05) is 55.7 Å². The van der Waals surface area contributed by atoms with Gasteiger partial charge in [-0.15, -0.1) is 0 Å². The summed E-state index contributed by atoms with van der Waals surface area (Å²) in [5.74, 6) is -2.24. The standard InChI is InChI=1S/C23H31NO5Si2/c1-15(22(26)27)29-23(28)17-10-8-16(9-11-17)21(25)24-18-12-19(30(2,3)4)14-20(13-18)31(5,6)7/h8-15H,1-7H3,(H,24,25)(H,26,27)/t15-/m0/s1. The Bertz CT molecular complexity index is 956. The van der Waals surface area contributed by atoms with Gasteiger partial charge in [0, 0.05) is 11.3 Å². The van der Waals surface area contributed by atoms with Gasteiger partial charge >= 0.3 is 11.9 Å². The Balaban J connectivity index is 2.23. The first-order valence-electron chi connectivity index (χ1n) is 10.2. The van der Waals surface area contributed by atoms with Crippen LogP contribution < -0.4 is 15.7 Å². The smallest absolute Gasteiger partial charge is 0.344 e. The summed E-state index contributed by atoms with van der Waals surface area (Å²) in [7, 11) is -3.14. The molecule has 6 nitrogen and oxygen atoms in total. The molecule has 0 heterocycles. The molecule has 0 aromatic heterocycles. The minimum Gasteiger partial charge on any atom is -0.479 e. The normalized spacial score (nSPS) is 12.7. The fraction of sp³-hybridized carbons (Fsp3) is 0.348. The summed E-state index contributed by atoms with van der Waals surface area (Å²) in [5, 5.41) is 14.4. The van der Waals surface area contributed by atoms with Crippen molar-refractivity contribution in [3.8, 4) is 0 Å². The van der Waals surface area contributed by atoms with Crippen molar-refractivity contribution in [3.05, 3.63) is 53.6 Å². The molecule has 2 aromatic rings. The van der Waals surface area contributed by atoms with Crippen LogP contribution in [0.4, 0.5) is 5.69 Å². The number of carbonyl (C=O) groups is 3. The highest BCUT2D eigenvalue weighted by Gasteiger charge is 2.23. The second-order valence-corrected chi connectivity index (χ2v) is 19.9. The van der Waals surface area contributed by atoms with Crippen LogP contribution in [0.5, 0.6) is 0 Å². The molecule has 2 N–H and O–H groups in total. The summed E-state index contributed by atoms with van der Waals surface area (Å²) in [6, 6.07) is 12.4. The molecule has 1 amide bonds. The van der Waals surface area contributed by atoms with Crippen LogP contribution in [0, 0.1) is 0 Å². The number of carboxylic acid groups (broad SMARTS) is 1. The van der Waals surface area contributed by atoms with E-state index in [1.54, 1.807) is 0 Å². The largest absolute Gasteiger partial charge is 0.479 e. The van der Waals surface area contributed by atoms with Gasteiger partial charge in [-0.25, -0.2) is 9.59 Å². The molecule has 2 rings (SSSR count). The molecule has 0 saturated carbocycles. The van der Waals surface area contributed by atoms with E-state index in [4.69, 9.17) is 9.84 Å². The van der Waals surface area contributed by atoms with Crippen molar-refractivity contribution in [1.82, 2.24) is 0 Å². The molecule has 31 heavy (non-hydrogen) atoms. The highest BCUT2D eigenvalue weighted by molar-refractivity contribution is 6.91. The van der Waals surface area contributed by atoms with Crippen LogP contribution in [-0.2, 0) is 9.53 Å². The van der Waals surface area contributed by atoms with Crippen molar-refractivity contribution >= 4 is 50.1 Å². The Morgan fingerprint density at radius 3 is 1.71 bits per heavy atom. The van der Waals surface area contributed by atoms with Gasteiger partial charge in [0.25, 0.3) is 5.91 Å². The number of carbonyl (C=O) groups excluding carboxylic acids is 2. The maximum atomic E-state index is 12.8. The summed E-state index contributed by atoms with van der Waals surface area (Å²) in [6.07, 6.45) is -1.24. The van der Waals surface area contributed by atoms with Crippen molar-refractivity contribution in [2.75, 3.05) is 5.32 Å². The first-order chi connectivity index (χ1) is 14.2. The number of esters is 1. The number of benzene rings is 2. The van der Waals surface area contributed by atoms with Crippen LogP contribution in [0.15, 0.2) is 42.5 Å². The second kappa shape index (κ2) is 9.19. The molecular weight excluding hydrogens is 426 g/mol. The van der Waals surface area contributed by atoms with Crippen molar-refractivity contribution in [2.24, 2.45) is 0 Å². The van der Waals surface area contributed by atoms with Gasteiger partial charge in [-0.05, 0) is 43.3 Å². The molecule has 0 fully saturated rings. The Morgan fingerprint density at radius 2 is 1.29 bits per heavy atom. The maximum absolute atomic E-state index is 12.8. The van der Waals surface area contributed by atoms with Gasteiger partial charge in [0.1, 0.15) is 0 Å². The Morgan fingerprint density at radius 1 is 0.839 bits per heavy atom. The summed E-state index contributed by atoms with van der Waals surface area (Å²) < 4.78 is 4.85. The molecule has 0 bridgehead atoms. The van der Waals surface area contributed by atoms with Crippen molar-refractivity contribution in [1.29, 1.82) is 0 Å². The molecule has 0 unspecified atom stereocenters. The van der Waals surface area contributed by atoms with Crippen LogP contribution in [0.1, 0.15) is 27.6 Å². The number of rotatable bonds is 7. The van der Waals surface area contributed by atoms with Gasteiger partial charge in [-0.3, -0.25) is 4.79 Å². The van der Waals surface area contributed by atoms with Crippen molar-refractivity contribution in [2.45, 2.75) is 52.3 Å². The molecule has 0 aliphatic heterocycles. The SMILES string of the molecule is C[C@H](OC(=O)c1ccc(C(=O)Nc2cc([Si](C)(C)C)cc([Si](C)(C)C)c2)cc1)C(=O)O. The van der Waals surface area contributed by atoms with Crippen LogP contribution in [0.3, 0.4) is 0 Å². The number of ether oxygens (including phenoxy) is 1. The molecule has 0 aliphatic rings. The van der Waals surface area contributed by atoms with Gasteiger partial charge < -0.3 is 15.2 Å². The Labute approximate surface area is 185 Å². The summed E-state index contributed by atoms with van der Waals surface area (Å²) in [5.41, 5.74) is 1.36. The van der Waals surface area contributed by atoms with Crippen molar-refractivity contribution in [3.63, 3.8) is 0 Å². The lowest BCUT2D eigenvalue weighted by Crippen LogP contribution is -2.45. The minimum atomic E-state index is -1.57. The van der Waals surface area contributed by atoms with Gasteiger partial charge in [0.05, 0.1) is 21.7 Å². The molecule has 0 saturated heterocycles. The minimum absolute atomic E-state index is 0.186. The second-order valence-electron chi connectivity index (χ2n) is 9.72. The number of amides is 1. The quantitative estimate of drug-likeness (QED) is 0.489. The van der Waals surface area contributed by atoms with Crippen LogP contribution in [0.25, 0.3) is 0 Å². The summed E-state index contributed by atoms with van der Waals surface area (Å²) >= 11 is 0. The topological polar surface area (TPSA) is 92.7 Å². The van der Waals surface area contributed by atoms with Crippen LogP contribution in [0.2, 0.25) is 39.3 Å². The lowest BCUT2D eigenvalue weighted by atomic mass is 10.1. The fourth-order valence-corrected chi connectivity index (χ4v) is 5.30. The van der Waals surface area contributed by atoms with Gasteiger partial charge in [0.15, 0.2) is 6.10 Å². The number of aliphatic carboxylic acids is 1. The predicted molar refractivity (Wildman–Crippen MR) is 129 cm³/mol. The zero-order valence-corrected chi connectivity index (χ0v) is 21.2. The zero-order valence-electron chi connectivity index (χ0n) is 19.2. The molecule has 0 aliphatic carbocycles. The Hall–Kier alpha value is -2.72. The molecule has 1 atom stereocenters. The maximum Gasteiger partial charge on any atom is 0.344 e. The lowest BCUT2D eigenvalue weighted by molar-refractivity contribution is -0.146. The average molecular weight is 458 g/mol. The van der Waals surface area contributed by atoms with Gasteiger partial charge in [-0.2, -0.15) is 0 Å². The fourth-order valence-electron chi connectivity index (χ4n) is 2.81. The van der Waals surface area contributed by atoms with E-state index >= 15 is 0 Å². The van der Waals surface area contributed by atoms with E-state index in [0.717, 1.165) is 5.69 Å². The highest BCUT2D eigenvalue weighted by atomic mass is 28.3. The molecule has 2 aromatic carbocycles. The molecule has 0 radical (unpaired) electrons. The third-order valence-electron chi connectivity index (χ3n) is 4.94. The number of carboxylic acids is 1. The number of nitrogens with one attached hydrogen (secondary N) is 1. The van der Waals surface area contributed by atoms with E-state index in [1.807, 2.05) is 0 Å². The molecular formula is C23H31NO5Si2. The van der Waals surface area contributed by atoms with E-state index in [2.05, 4.69) is 62.8 Å². The number of hydrogen-bond acceptors (Lipinski definition) is 4. The van der Waals surface area contributed by atoms with Crippen molar-refractivity contribution < 1.29 is 24.2 Å². The monoisotopic (exact) mass is 457 g/mol. The molecule has 0 spiro atoms. The molecule has 166 valence electrons.